The van der Waals surface area contributed by atoms with Crippen LogP contribution in [0.2, 0.25) is 0 Å². The summed E-state index contributed by atoms with van der Waals surface area (Å²) in [5.74, 6) is 3.64. The molecule has 3 aromatic rings. The van der Waals surface area contributed by atoms with Crippen LogP contribution < -0.4 is 16.0 Å². The molecule has 1 heterocycles. The van der Waals surface area contributed by atoms with Crippen LogP contribution in [0.4, 0.5) is 11.5 Å². The third-order valence-corrected chi connectivity index (χ3v) is 8.76. The summed E-state index contributed by atoms with van der Waals surface area (Å²) in [5.41, 5.74) is 4.61. The van der Waals surface area contributed by atoms with Crippen molar-refractivity contribution < 1.29 is 4.79 Å². The summed E-state index contributed by atoms with van der Waals surface area (Å²) in [6.07, 6.45) is 8.70. The van der Waals surface area contributed by atoms with Crippen LogP contribution in [0.3, 0.4) is 0 Å². The summed E-state index contributed by atoms with van der Waals surface area (Å²) in [6, 6.07) is 18.7. The third kappa shape index (κ3) is 5.12. The Bertz CT molecular complexity index is 1200. The number of aromatic nitrogens is 1. The van der Waals surface area contributed by atoms with Crippen LogP contribution >= 0.6 is 0 Å². The number of rotatable bonds is 9. The predicted octanol–water partition coefficient (Wildman–Crippen LogP) is 6.29. The zero-order valence-electron chi connectivity index (χ0n) is 21.4. The first kappa shape index (κ1) is 23.5. The summed E-state index contributed by atoms with van der Waals surface area (Å²) in [5, 5.41) is 11.1. The topological polar surface area (TPSA) is 66.0 Å². The van der Waals surface area contributed by atoms with E-state index < -0.39 is 0 Å². The number of hydrogen-bond acceptors (Lipinski definition) is 4. The molecule has 0 atom stereocenters. The van der Waals surface area contributed by atoms with Gasteiger partial charge in [0.25, 0.3) is 0 Å². The van der Waals surface area contributed by atoms with Crippen LogP contribution in [0.5, 0.6) is 0 Å². The van der Waals surface area contributed by atoms with Gasteiger partial charge in [0.05, 0.1) is 11.2 Å². The molecule has 1 aromatic heterocycles. The van der Waals surface area contributed by atoms with Crippen molar-refractivity contribution in [1.29, 1.82) is 0 Å². The molecule has 4 aliphatic carbocycles. The summed E-state index contributed by atoms with van der Waals surface area (Å²) in [7, 11) is 0. The molecule has 0 aliphatic heterocycles. The summed E-state index contributed by atoms with van der Waals surface area (Å²) < 4.78 is 0. The number of carbonyl (C=O) groups excluding carboxylic acids is 1. The van der Waals surface area contributed by atoms with Gasteiger partial charge in [-0.15, -0.1) is 0 Å². The van der Waals surface area contributed by atoms with Gasteiger partial charge >= 0.3 is 0 Å². The lowest BCUT2D eigenvalue weighted by atomic mass is 9.49. The molecule has 5 heteroatoms. The highest BCUT2D eigenvalue weighted by Crippen LogP contribution is 2.61. The van der Waals surface area contributed by atoms with E-state index in [9.17, 15) is 4.79 Å². The fraction of sp³-hybridized carbons (Fsp3) is 0.484. The van der Waals surface area contributed by atoms with Gasteiger partial charge in [0.1, 0.15) is 5.82 Å². The van der Waals surface area contributed by atoms with E-state index in [2.05, 4.69) is 53.2 Å². The van der Waals surface area contributed by atoms with Gasteiger partial charge in [0.2, 0.25) is 5.91 Å². The Morgan fingerprint density at radius 3 is 2.36 bits per heavy atom. The third-order valence-electron chi connectivity index (χ3n) is 8.76. The highest BCUT2D eigenvalue weighted by atomic mass is 16.1. The smallest absolute Gasteiger partial charge is 0.224 e. The number of hydrogen-bond donors (Lipinski definition) is 3. The summed E-state index contributed by atoms with van der Waals surface area (Å²) in [4.78, 5) is 18.0. The van der Waals surface area contributed by atoms with Crippen molar-refractivity contribution in [3.8, 4) is 0 Å². The van der Waals surface area contributed by atoms with E-state index in [4.69, 9.17) is 4.98 Å². The van der Waals surface area contributed by atoms with E-state index in [0.29, 0.717) is 6.42 Å². The summed E-state index contributed by atoms with van der Waals surface area (Å²) in [6.45, 7) is 4.62. The molecule has 7 rings (SSSR count). The second-order valence-corrected chi connectivity index (χ2v) is 11.8. The van der Waals surface area contributed by atoms with Crippen LogP contribution in [-0.4, -0.2) is 24.0 Å². The van der Waals surface area contributed by atoms with E-state index >= 15 is 0 Å². The molecular weight excluding hydrogens is 444 g/mol. The van der Waals surface area contributed by atoms with E-state index in [0.717, 1.165) is 59.8 Å². The molecule has 0 spiro atoms. The average Bonchev–Trinajstić information content (AvgIpc) is 2.84. The van der Waals surface area contributed by atoms with Gasteiger partial charge in [0, 0.05) is 31.4 Å². The Balaban J connectivity index is 1.04. The van der Waals surface area contributed by atoms with Crippen LogP contribution in [0.1, 0.15) is 56.1 Å². The fourth-order valence-corrected chi connectivity index (χ4v) is 7.62. The molecule has 0 saturated heterocycles. The van der Waals surface area contributed by atoms with E-state index in [-0.39, 0.29) is 11.3 Å². The highest BCUT2D eigenvalue weighted by Gasteiger charge is 2.51. The maximum Gasteiger partial charge on any atom is 0.224 e. The van der Waals surface area contributed by atoms with Crippen LogP contribution in [0.25, 0.3) is 10.9 Å². The number of nitrogens with one attached hydrogen (secondary N) is 3. The minimum atomic E-state index is 0.173. The first-order valence-corrected chi connectivity index (χ1v) is 13.7. The number of aryl methyl sites for hydroxylation is 1. The molecule has 3 N–H and O–H groups in total. The van der Waals surface area contributed by atoms with E-state index in [1.807, 2.05) is 24.3 Å². The molecule has 4 bridgehead atoms. The van der Waals surface area contributed by atoms with E-state index in [1.54, 1.807) is 0 Å². The Labute approximate surface area is 214 Å². The predicted molar refractivity (Wildman–Crippen MR) is 147 cm³/mol. The summed E-state index contributed by atoms with van der Waals surface area (Å²) >= 11 is 0. The average molecular weight is 483 g/mol. The lowest BCUT2D eigenvalue weighted by Crippen LogP contribution is -2.47. The molecule has 0 unspecified atom stereocenters. The molecule has 0 radical (unpaired) electrons. The first-order chi connectivity index (χ1) is 17.5. The van der Waals surface area contributed by atoms with Crippen molar-refractivity contribution in [2.75, 3.05) is 23.7 Å². The normalized spacial score (nSPS) is 26.3. The molecule has 5 nitrogen and oxygen atoms in total. The number of anilines is 2. The van der Waals surface area contributed by atoms with Crippen LogP contribution in [0, 0.1) is 30.1 Å². The number of nitrogens with zero attached hydrogens (tertiary/aromatic N) is 1. The molecular formula is C31H38N4O. The van der Waals surface area contributed by atoms with Gasteiger partial charge in [-0.05, 0) is 98.4 Å². The van der Waals surface area contributed by atoms with Gasteiger partial charge in [-0.25, -0.2) is 4.98 Å². The maximum absolute atomic E-state index is 13.2. The van der Waals surface area contributed by atoms with Crippen LogP contribution in [-0.2, 0) is 11.3 Å². The Kier molecular flexibility index (Phi) is 6.43. The van der Waals surface area contributed by atoms with Crippen LogP contribution in [0.15, 0.2) is 54.6 Å². The van der Waals surface area contributed by atoms with Crippen molar-refractivity contribution in [3.63, 3.8) is 0 Å². The van der Waals surface area contributed by atoms with Crippen molar-refractivity contribution in [1.82, 2.24) is 10.3 Å². The van der Waals surface area contributed by atoms with Crippen molar-refractivity contribution in [2.24, 2.45) is 23.2 Å². The second-order valence-electron chi connectivity index (χ2n) is 11.8. The number of fused-ring (bicyclic) bond motifs is 1. The highest BCUT2D eigenvalue weighted by molar-refractivity contribution is 6.01. The Morgan fingerprint density at radius 2 is 1.64 bits per heavy atom. The van der Waals surface area contributed by atoms with Gasteiger partial charge in [-0.3, -0.25) is 4.79 Å². The monoisotopic (exact) mass is 482 g/mol. The molecule has 36 heavy (non-hydrogen) atoms. The van der Waals surface area contributed by atoms with Crippen molar-refractivity contribution in [3.05, 3.63) is 65.7 Å². The number of benzene rings is 2. The minimum absolute atomic E-state index is 0.173. The fourth-order valence-electron chi connectivity index (χ4n) is 7.62. The lowest BCUT2D eigenvalue weighted by Gasteiger charge is -2.56. The lowest BCUT2D eigenvalue weighted by molar-refractivity contribution is -0.124. The molecule has 2 aromatic carbocycles. The number of carbonyl (C=O) groups is 1. The quantitative estimate of drug-likeness (QED) is 0.314. The van der Waals surface area contributed by atoms with Gasteiger partial charge in [-0.2, -0.15) is 0 Å². The zero-order valence-corrected chi connectivity index (χ0v) is 21.4. The maximum atomic E-state index is 13.2. The molecule has 4 aliphatic rings. The zero-order chi connectivity index (χ0) is 24.5. The second kappa shape index (κ2) is 9.85. The molecule has 188 valence electrons. The standard InChI is InChI=1S/C31H38N4O/c1-21-5-7-22(8-6-21)20-32-11-12-33-29-10-9-26-27(34-29)3-2-4-28(26)35-30(36)19-31-16-23-13-24(17-31)15-25(14-23)18-31/h2-10,23-25,32H,11-20H2,1H3,(H,33,34)(H,35,36). The van der Waals surface area contributed by atoms with Gasteiger partial charge in [-0.1, -0.05) is 35.9 Å². The van der Waals surface area contributed by atoms with Gasteiger partial charge < -0.3 is 16.0 Å². The molecule has 1 amide bonds. The minimum Gasteiger partial charge on any atom is -0.369 e. The van der Waals surface area contributed by atoms with Crippen molar-refractivity contribution in [2.45, 2.75) is 58.4 Å². The molecule has 4 fully saturated rings. The Hall–Kier alpha value is -2.92. The largest absolute Gasteiger partial charge is 0.369 e. The van der Waals surface area contributed by atoms with Gasteiger partial charge in [0.15, 0.2) is 0 Å². The molecule has 4 saturated carbocycles. The SMILES string of the molecule is Cc1ccc(CNCCNc2ccc3c(NC(=O)CC45CC6CC(CC(C6)C4)C5)cccc3n2)cc1. The Morgan fingerprint density at radius 1 is 0.917 bits per heavy atom. The number of pyridine rings is 1. The van der Waals surface area contributed by atoms with E-state index in [1.165, 1.54) is 49.7 Å². The first-order valence-electron chi connectivity index (χ1n) is 13.7. The van der Waals surface area contributed by atoms with Crippen molar-refractivity contribution >= 4 is 28.3 Å². The number of amides is 1.